The molecule has 3 heterocycles. The van der Waals surface area contributed by atoms with E-state index < -0.39 is 36.5 Å². The molecule has 0 bridgehead atoms. The summed E-state index contributed by atoms with van der Waals surface area (Å²) in [5, 5.41) is 11.3. The Hall–Kier alpha value is -2.76. The van der Waals surface area contributed by atoms with Crippen LogP contribution in [0.5, 0.6) is 0 Å². The first-order valence-electron chi connectivity index (χ1n) is 11.6. The molecule has 36 heavy (non-hydrogen) atoms. The lowest BCUT2D eigenvalue weighted by atomic mass is 9.98. The van der Waals surface area contributed by atoms with Gasteiger partial charge in [0, 0.05) is 24.6 Å². The zero-order valence-corrected chi connectivity index (χ0v) is 22.0. The van der Waals surface area contributed by atoms with E-state index >= 15 is 4.39 Å². The molecule has 7 nitrogen and oxygen atoms in total. The highest BCUT2D eigenvalue weighted by Gasteiger charge is 2.37. The average Bonchev–Trinajstić information content (AvgIpc) is 3.33. The largest absolute Gasteiger partial charge is 0.362 e. The van der Waals surface area contributed by atoms with Gasteiger partial charge in [-0.2, -0.15) is 34.9 Å². The molecule has 1 amide bonds. The number of rotatable bonds is 9. The number of benzene rings is 1. The van der Waals surface area contributed by atoms with Crippen LogP contribution < -0.4 is 4.90 Å². The Morgan fingerprint density at radius 1 is 1.17 bits per heavy atom. The van der Waals surface area contributed by atoms with E-state index in [9.17, 15) is 13.6 Å². The Balaban J connectivity index is 1.59. The highest BCUT2D eigenvalue weighted by atomic mass is 35.5. The molecule has 0 saturated carbocycles. The molecule has 12 heteroatoms. The van der Waals surface area contributed by atoms with Crippen LogP contribution in [0.2, 0.25) is 30.7 Å². The SMILES string of the molecule is C[Si-](C)(C)CCOCn1nc(-c2ccnnc2)c(F)c1N1CCC(Cc2cc(F)c(Cl)c(F)c2)C1=O. The first-order valence-corrected chi connectivity index (χ1v) is 15.7. The number of aromatic nitrogens is 4. The van der Waals surface area contributed by atoms with Crippen molar-refractivity contribution in [2.45, 2.75) is 45.3 Å². The second-order valence-electron chi connectivity index (χ2n) is 10.0. The number of carbonyl (C=O) groups excluding carboxylic acids is 1. The van der Waals surface area contributed by atoms with Gasteiger partial charge in [0.25, 0.3) is 0 Å². The third-order valence-electron chi connectivity index (χ3n) is 6.03. The molecular formula is C24H27ClF3N5O2Si-. The van der Waals surface area contributed by atoms with Gasteiger partial charge >= 0.3 is 0 Å². The maximum atomic E-state index is 15.7. The maximum Gasteiger partial charge on any atom is 0.231 e. The molecule has 1 aliphatic heterocycles. The number of carbonyl (C=O) groups is 1. The van der Waals surface area contributed by atoms with Crippen molar-refractivity contribution in [3.63, 3.8) is 0 Å². The summed E-state index contributed by atoms with van der Waals surface area (Å²) >= 11 is 5.57. The Morgan fingerprint density at radius 2 is 1.89 bits per heavy atom. The van der Waals surface area contributed by atoms with Crippen LogP contribution in [-0.2, 0) is 22.7 Å². The summed E-state index contributed by atoms with van der Waals surface area (Å²) in [6.07, 6.45) is 3.31. The van der Waals surface area contributed by atoms with Gasteiger partial charge in [0.1, 0.15) is 29.1 Å². The molecule has 2 aromatic heterocycles. The van der Waals surface area contributed by atoms with Gasteiger partial charge in [-0.25, -0.2) is 17.9 Å². The lowest BCUT2D eigenvalue weighted by molar-refractivity contribution is -0.120. The fourth-order valence-electron chi connectivity index (χ4n) is 4.07. The van der Waals surface area contributed by atoms with Crippen molar-refractivity contribution in [2.75, 3.05) is 18.1 Å². The van der Waals surface area contributed by atoms with Crippen LogP contribution in [0.15, 0.2) is 30.6 Å². The Bertz CT molecular complexity index is 1230. The van der Waals surface area contributed by atoms with Gasteiger partial charge < -0.3 is 4.74 Å². The average molecular weight is 538 g/mol. The van der Waals surface area contributed by atoms with Crippen molar-refractivity contribution in [1.29, 1.82) is 0 Å². The number of ether oxygens (including phenoxy) is 1. The Morgan fingerprint density at radius 3 is 2.53 bits per heavy atom. The van der Waals surface area contributed by atoms with Gasteiger partial charge in [0.05, 0.1) is 12.4 Å². The van der Waals surface area contributed by atoms with E-state index in [0.29, 0.717) is 24.2 Å². The van der Waals surface area contributed by atoms with Crippen molar-refractivity contribution in [3.8, 4) is 11.3 Å². The fourth-order valence-corrected chi connectivity index (χ4v) is 4.94. The summed E-state index contributed by atoms with van der Waals surface area (Å²) in [7, 11) is -1.33. The lowest BCUT2D eigenvalue weighted by Crippen LogP contribution is -2.31. The van der Waals surface area contributed by atoms with Crippen molar-refractivity contribution < 1.29 is 22.7 Å². The van der Waals surface area contributed by atoms with Crippen LogP contribution in [0.3, 0.4) is 0 Å². The number of hydrogen-bond donors (Lipinski definition) is 0. The predicted octanol–water partition coefficient (Wildman–Crippen LogP) is 5.32. The first-order chi connectivity index (χ1) is 17.0. The molecule has 3 aromatic rings. The summed E-state index contributed by atoms with van der Waals surface area (Å²) in [5.41, 5.74) is 0.758. The summed E-state index contributed by atoms with van der Waals surface area (Å²) in [5.74, 6) is -3.38. The van der Waals surface area contributed by atoms with Gasteiger partial charge in [-0.1, -0.05) is 11.6 Å². The first kappa shape index (κ1) is 26.3. The summed E-state index contributed by atoms with van der Waals surface area (Å²) in [6.45, 7) is 7.38. The number of anilines is 1. The lowest BCUT2D eigenvalue weighted by Gasteiger charge is -2.26. The van der Waals surface area contributed by atoms with Crippen LogP contribution in [0, 0.1) is 23.4 Å². The van der Waals surface area contributed by atoms with Crippen molar-refractivity contribution in [3.05, 3.63) is 58.6 Å². The normalized spacial score (nSPS) is 16.2. The van der Waals surface area contributed by atoms with Crippen LogP contribution in [0.4, 0.5) is 19.0 Å². The van der Waals surface area contributed by atoms with Gasteiger partial charge in [-0.05, 0) is 36.6 Å². The topological polar surface area (TPSA) is 73.1 Å². The molecule has 1 fully saturated rings. The molecule has 1 unspecified atom stereocenters. The minimum Gasteiger partial charge on any atom is -0.362 e. The molecule has 1 atom stereocenters. The van der Waals surface area contributed by atoms with Crippen LogP contribution in [0.25, 0.3) is 11.3 Å². The Labute approximate surface area is 213 Å². The molecular weight excluding hydrogens is 511 g/mol. The number of hydrogen-bond acceptors (Lipinski definition) is 5. The van der Waals surface area contributed by atoms with Crippen LogP contribution >= 0.6 is 11.6 Å². The zero-order chi connectivity index (χ0) is 26.0. The van der Waals surface area contributed by atoms with Crippen LogP contribution in [0.1, 0.15) is 12.0 Å². The fraction of sp³-hybridized carbons (Fsp3) is 0.417. The number of nitrogens with zero attached hydrogens (tertiary/aromatic N) is 5. The van der Waals surface area contributed by atoms with Gasteiger partial charge in [0.15, 0.2) is 11.6 Å². The monoisotopic (exact) mass is 537 g/mol. The molecule has 1 aliphatic rings. The number of halogens is 4. The van der Waals surface area contributed by atoms with E-state index in [1.165, 1.54) is 22.0 Å². The summed E-state index contributed by atoms with van der Waals surface area (Å²) in [4.78, 5) is 14.6. The standard InChI is InChI=1S/C24H27ClF3N5O2Si/c1-36(2,3)9-8-35-14-33-23(21(28)22(31-33)17-4-6-29-30-13-17)32-7-5-16(24(32)34)10-15-11-18(26)20(25)19(27)12-15/h4,6,11-13,16H,5,7-10,14H2,1-3H3/q-1. The van der Waals surface area contributed by atoms with Crippen molar-refractivity contribution in [1.82, 2.24) is 20.0 Å². The zero-order valence-electron chi connectivity index (χ0n) is 20.3. The molecule has 1 saturated heterocycles. The van der Waals surface area contributed by atoms with Gasteiger partial charge in [0.2, 0.25) is 5.91 Å². The second-order valence-corrected chi connectivity index (χ2v) is 16.0. The third-order valence-corrected chi connectivity index (χ3v) is 8.10. The van der Waals surface area contributed by atoms with E-state index in [0.717, 1.165) is 18.2 Å². The highest BCUT2D eigenvalue weighted by molar-refractivity contribution is 6.76. The summed E-state index contributed by atoms with van der Waals surface area (Å²) in [6, 6.07) is 4.74. The van der Waals surface area contributed by atoms with E-state index in [1.807, 2.05) is 0 Å². The quantitative estimate of drug-likeness (QED) is 0.210. The third kappa shape index (κ3) is 5.79. The van der Waals surface area contributed by atoms with E-state index in [-0.39, 0.29) is 37.1 Å². The Kier molecular flexibility index (Phi) is 7.81. The molecule has 1 aromatic carbocycles. The molecule has 0 radical (unpaired) electrons. The van der Waals surface area contributed by atoms with Crippen LogP contribution in [-0.4, -0.2) is 47.1 Å². The molecule has 4 rings (SSSR count). The summed E-state index contributed by atoms with van der Waals surface area (Å²) < 4.78 is 50.7. The molecule has 0 spiro atoms. The molecule has 0 N–H and O–H groups in total. The molecule has 0 aliphatic carbocycles. The van der Waals surface area contributed by atoms with E-state index in [2.05, 4.69) is 34.9 Å². The molecule has 193 valence electrons. The van der Waals surface area contributed by atoms with Crippen molar-refractivity contribution >= 4 is 31.4 Å². The van der Waals surface area contributed by atoms with Crippen molar-refractivity contribution in [2.24, 2.45) is 5.92 Å². The smallest absolute Gasteiger partial charge is 0.231 e. The van der Waals surface area contributed by atoms with Gasteiger partial charge in [-0.3, -0.25) is 9.69 Å². The van der Waals surface area contributed by atoms with E-state index in [1.54, 1.807) is 6.07 Å². The minimum atomic E-state index is -1.33. The minimum absolute atomic E-state index is 0.00390. The van der Waals surface area contributed by atoms with E-state index in [4.69, 9.17) is 16.3 Å². The second kappa shape index (κ2) is 10.7. The maximum absolute atomic E-state index is 15.7. The highest BCUT2D eigenvalue weighted by Crippen LogP contribution is 2.34. The number of amides is 1. The predicted molar refractivity (Wildman–Crippen MR) is 133 cm³/mol. The van der Waals surface area contributed by atoms with Gasteiger partial charge in [-0.15, -0.1) is 14.1 Å².